The molecule has 2 aliphatic rings. The molecule has 5 rings (SSSR count). The van der Waals surface area contributed by atoms with E-state index < -0.39 is 17.4 Å². The molecule has 0 fully saturated rings. The number of aryl methyl sites for hydroxylation is 1. The normalized spacial score (nSPS) is 17.8. The average Bonchev–Trinajstić information content (AvgIpc) is 3.24. The van der Waals surface area contributed by atoms with Crippen molar-refractivity contribution < 1.29 is 23.8 Å². The molecule has 2 N–H and O–H groups in total. The minimum absolute atomic E-state index is 0.0441. The number of cyclic esters (lactones) is 1. The van der Waals surface area contributed by atoms with Gasteiger partial charge >= 0.3 is 5.97 Å². The molecule has 0 aliphatic carbocycles. The minimum Gasteiger partial charge on any atom is -0.458 e. The maximum Gasteiger partial charge on any atom is 0.343 e. The maximum atomic E-state index is 14.6. The highest BCUT2D eigenvalue weighted by Gasteiger charge is 2.45. The number of hydrogen-bond acceptors (Lipinski definition) is 7. The van der Waals surface area contributed by atoms with Gasteiger partial charge in [0.05, 0.1) is 35.6 Å². The van der Waals surface area contributed by atoms with E-state index in [1.807, 2.05) is 0 Å². The summed E-state index contributed by atoms with van der Waals surface area (Å²) in [6.07, 6.45) is 0.518. The molecule has 1 amide bonds. The van der Waals surface area contributed by atoms with Crippen molar-refractivity contribution in [3.05, 3.63) is 62.2 Å². The first kappa shape index (κ1) is 25.0. The van der Waals surface area contributed by atoms with Gasteiger partial charge < -0.3 is 24.6 Å². The molecule has 0 saturated carbocycles. The summed E-state index contributed by atoms with van der Waals surface area (Å²) in [4.78, 5) is 44.7. The lowest BCUT2D eigenvalue weighted by atomic mass is 9.86. The first-order valence-corrected chi connectivity index (χ1v) is 12.3. The van der Waals surface area contributed by atoms with Gasteiger partial charge in [-0.1, -0.05) is 6.92 Å². The molecule has 4 heterocycles. The molecule has 37 heavy (non-hydrogen) atoms. The number of amides is 1. The van der Waals surface area contributed by atoms with E-state index in [0.29, 0.717) is 35.4 Å². The van der Waals surface area contributed by atoms with Crippen molar-refractivity contribution in [1.82, 2.24) is 19.8 Å². The maximum absolute atomic E-state index is 14.6. The predicted molar refractivity (Wildman–Crippen MR) is 134 cm³/mol. The molecule has 0 spiro atoms. The van der Waals surface area contributed by atoms with Gasteiger partial charge in [-0.2, -0.15) is 0 Å². The van der Waals surface area contributed by atoms with Crippen molar-refractivity contribution in [2.24, 2.45) is 0 Å². The number of aromatic nitrogens is 2. The van der Waals surface area contributed by atoms with Crippen LogP contribution in [0.3, 0.4) is 0 Å². The number of carbonyl (C=O) groups excluding carboxylic acids is 2. The monoisotopic (exact) mass is 508 g/mol. The Labute approximate surface area is 212 Å². The Morgan fingerprint density at radius 3 is 2.76 bits per heavy atom. The zero-order chi connectivity index (χ0) is 26.6. The first-order chi connectivity index (χ1) is 17.6. The topological polar surface area (TPSA) is 114 Å². The van der Waals surface area contributed by atoms with Gasteiger partial charge in [-0.3, -0.25) is 9.59 Å². The zero-order valence-electron chi connectivity index (χ0n) is 21.3. The molecule has 194 valence electrons. The highest BCUT2D eigenvalue weighted by atomic mass is 19.1. The number of nitrogens with zero attached hydrogens (tertiary/aromatic N) is 3. The van der Waals surface area contributed by atoms with Gasteiger partial charge in [0.25, 0.3) is 5.56 Å². The summed E-state index contributed by atoms with van der Waals surface area (Å²) in [7, 11) is 3.43. The molecule has 3 aromatic rings. The van der Waals surface area contributed by atoms with Crippen LogP contribution < -0.4 is 10.9 Å². The SMILES string of the molecule is CC[C@@]1(O)C(=O)OCc2c1cc1n(c2=O)Cc2c-1nc1cc(F)c(C)cc1c2CCN(C)C(=O)CNC. The van der Waals surface area contributed by atoms with E-state index in [1.165, 1.54) is 6.07 Å². The van der Waals surface area contributed by atoms with Gasteiger partial charge in [-0.05, 0) is 50.1 Å². The van der Waals surface area contributed by atoms with Crippen LogP contribution in [0.25, 0.3) is 22.3 Å². The van der Waals surface area contributed by atoms with Crippen LogP contribution in [0.5, 0.6) is 0 Å². The van der Waals surface area contributed by atoms with Gasteiger partial charge in [-0.15, -0.1) is 0 Å². The molecule has 1 aromatic carbocycles. The van der Waals surface area contributed by atoms with E-state index in [9.17, 15) is 23.9 Å². The molecule has 2 aliphatic heterocycles. The Morgan fingerprint density at radius 2 is 2.05 bits per heavy atom. The summed E-state index contributed by atoms with van der Waals surface area (Å²) in [5.74, 6) is -1.24. The number of esters is 1. The van der Waals surface area contributed by atoms with Crippen LogP contribution in [-0.2, 0) is 39.5 Å². The Kier molecular flexibility index (Phi) is 6.12. The van der Waals surface area contributed by atoms with Crippen LogP contribution >= 0.6 is 0 Å². The van der Waals surface area contributed by atoms with Crippen LogP contribution in [0.1, 0.15) is 41.2 Å². The summed E-state index contributed by atoms with van der Waals surface area (Å²) < 4.78 is 21.3. The predicted octanol–water partition coefficient (Wildman–Crippen LogP) is 1.75. The van der Waals surface area contributed by atoms with Gasteiger partial charge in [-0.25, -0.2) is 14.2 Å². The van der Waals surface area contributed by atoms with E-state index in [0.717, 1.165) is 16.5 Å². The van der Waals surface area contributed by atoms with Crippen LogP contribution in [0.15, 0.2) is 23.0 Å². The Balaban J connectivity index is 1.70. The first-order valence-electron chi connectivity index (χ1n) is 12.3. The lowest BCUT2D eigenvalue weighted by Gasteiger charge is -2.31. The molecule has 10 heteroatoms. The van der Waals surface area contributed by atoms with Crippen LogP contribution in [0.4, 0.5) is 4.39 Å². The molecular formula is C27H29FN4O5. The second kappa shape index (κ2) is 9.04. The van der Waals surface area contributed by atoms with Crippen molar-refractivity contribution >= 4 is 22.8 Å². The Hall–Kier alpha value is -3.63. The summed E-state index contributed by atoms with van der Waals surface area (Å²) in [5.41, 5.74) is 1.75. The standard InChI is InChI=1S/C27H29FN4O5/c1-5-27(36)19-9-22-24-17(12-32(22)25(34)18(19)13-37-26(27)35)15(6-7-31(4)23(33)11-29-3)16-8-14(2)20(28)10-21(16)30-24/h8-10,29,36H,5-7,11-13H2,1-4H3/t27-/m0/s1. The summed E-state index contributed by atoms with van der Waals surface area (Å²) >= 11 is 0. The van der Waals surface area contributed by atoms with Gasteiger partial charge in [0, 0.05) is 36.2 Å². The number of halogens is 1. The van der Waals surface area contributed by atoms with E-state index >= 15 is 0 Å². The number of pyridine rings is 2. The molecule has 0 unspecified atom stereocenters. The smallest absolute Gasteiger partial charge is 0.343 e. The number of benzene rings is 1. The lowest BCUT2D eigenvalue weighted by molar-refractivity contribution is -0.172. The van der Waals surface area contributed by atoms with Crippen LogP contribution in [0.2, 0.25) is 0 Å². The van der Waals surface area contributed by atoms with E-state index in [4.69, 9.17) is 9.72 Å². The van der Waals surface area contributed by atoms with Crippen molar-refractivity contribution in [2.45, 2.75) is 45.4 Å². The van der Waals surface area contributed by atoms with Crippen molar-refractivity contribution in [3.63, 3.8) is 0 Å². The number of rotatable bonds is 6. The molecular weight excluding hydrogens is 479 g/mol. The van der Waals surface area contributed by atoms with E-state index in [2.05, 4.69) is 5.32 Å². The second-order valence-corrected chi connectivity index (χ2v) is 9.73. The van der Waals surface area contributed by atoms with Gasteiger partial charge in [0.1, 0.15) is 12.4 Å². The number of hydrogen-bond donors (Lipinski definition) is 2. The fourth-order valence-corrected chi connectivity index (χ4v) is 5.27. The van der Waals surface area contributed by atoms with Gasteiger partial charge in [0.15, 0.2) is 5.60 Å². The lowest BCUT2D eigenvalue weighted by Crippen LogP contribution is -2.44. The van der Waals surface area contributed by atoms with E-state index in [-0.39, 0.29) is 48.7 Å². The molecule has 2 aromatic heterocycles. The molecule has 0 bridgehead atoms. The summed E-state index contributed by atoms with van der Waals surface area (Å²) in [6, 6.07) is 4.77. The molecule has 9 nitrogen and oxygen atoms in total. The molecule has 0 saturated heterocycles. The minimum atomic E-state index is -1.93. The third kappa shape index (κ3) is 3.82. The average molecular weight is 509 g/mol. The van der Waals surface area contributed by atoms with Crippen molar-refractivity contribution in [1.29, 1.82) is 0 Å². The third-order valence-electron chi connectivity index (χ3n) is 7.54. The fourth-order valence-electron chi connectivity index (χ4n) is 5.27. The van der Waals surface area contributed by atoms with Crippen LogP contribution in [0, 0.1) is 12.7 Å². The third-order valence-corrected chi connectivity index (χ3v) is 7.54. The Bertz CT molecular complexity index is 1530. The number of nitrogens with one attached hydrogen (secondary N) is 1. The summed E-state index contributed by atoms with van der Waals surface area (Å²) in [5, 5.41) is 14.7. The Morgan fingerprint density at radius 1 is 1.30 bits per heavy atom. The van der Waals surface area contributed by atoms with Crippen molar-refractivity contribution in [3.8, 4) is 11.4 Å². The van der Waals surface area contributed by atoms with Gasteiger partial charge in [0.2, 0.25) is 5.91 Å². The number of aliphatic hydroxyl groups is 1. The number of fused-ring (bicyclic) bond motifs is 5. The number of carbonyl (C=O) groups is 2. The quantitative estimate of drug-likeness (QED) is 0.382. The zero-order valence-corrected chi connectivity index (χ0v) is 21.3. The highest BCUT2D eigenvalue weighted by Crippen LogP contribution is 2.40. The second-order valence-electron chi connectivity index (χ2n) is 9.73. The number of ether oxygens (including phenoxy) is 1. The number of likely N-dealkylation sites (N-methyl/N-ethyl adjacent to an activating group) is 2. The molecule has 1 atom stereocenters. The molecule has 0 radical (unpaired) electrons. The highest BCUT2D eigenvalue weighted by molar-refractivity contribution is 5.89. The van der Waals surface area contributed by atoms with E-state index in [1.54, 1.807) is 49.5 Å². The van der Waals surface area contributed by atoms with Crippen LogP contribution in [-0.4, -0.2) is 58.6 Å². The fraction of sp³-hybridized carbons (Fsp3) is 0.407. The summed E-state index contributed by atoms with van der Waals surface area (Å²) in [6.45, 7) is 3.99. The van der Waals surface area contributed by atoms with Crippen molar-refractivity contribution in [2.75, 3.05) is 27.2 Å². The largest absolute Gasteiger partial charge is 0.458 e.